The van der Waals surface area contributed by atoms with Crippen LogP contribution >= 0.6 is 0 Å². The van der Waals surface area contributed by atoms with Gasteiger partial charge >= 0.3 is 0 Å². The molecule has 1 fully saturated rings. The lowest BCUT2D eigenvalue weighted by molar-refractivity contribution is -0.118. The smallest absolute Gasteiger partial charge is 0.153 e. The number of fused-ring (bicyclic) bond motifs is 1. The van der Waals surface area contributed by atoms with E-state index in [2.05, 4.69) is 17.4 Å². The van der Waals surface area contributed by atoms with Crippen molar-refractivity contribution in [3.8, 4) is 0 Å². The number of hydrogen-bond donors (Lipinski definition) is 1. The maximum absolute atomic E-state index is 12.2. The fourth-order valence-corrected chi connectivity index (χ4v) is 4.75. The monoisotopic (exact) mass is 307 g/mol. The number of hydrogen-bond acceptors (Lipinski definition) is 4. The van der Waals surface area contributed by atoms with Crippen LogP contribution in [0.5, 0.6) is 0 Å². The number of nitrogens with one attached hydrogen (secondary N) is 1. The molecule has 4 nitrogen and oxygen atoms in total. The Labute approximate surface area is 125 Å². The topological polar surface area (TPSA) is 63.2 Å². The molecule has 0 aromatic heterocycles. The molecule has 0 amide bonds. The van der Waals surface area contributed by atoms with E-state index in [9.17, 15) is 13.2 Å². The van der Waals surface area contributed by atoms with Crippen molar-refractivity contribution in [2.24, 2.45) is 0 Å². The minimum absolute atomic E-state index is 0.0862. The van der Waals surface area contributed by atoms with E-state index in [4.69, 9.17) is 0 Å². The SMILES string of the molecule is O=C(Cc1ccc2c(c1)CCC2)CC1CS(=O)(=O)CCN1. The van der Waals surface area contributed by atoms with Crippen molar-refractivity contribution in [3.05, 3.63) is 34.9 Å². The fraction of sp³-hybridized carbons (Fsp3) is 0.562. The molecule has 0 saturated carbocycles. The van der Waals surface area contributed by atoms with Crippen LogP contribution in [0.25, 0.3) is 0 Å². The summed E-state index contributed by atoms with van der Waals surface area (Å²) in [5, 5.41) is 3.13. The Morgan fingerprint density at radius 2 is 2.05 bits per heavy atom. The Morgan fingerprint density at radius 3 is 2.86 bits per heavy atom. The second-order valence-corrected chi connectivity index (χ2v) is 8.37. The fourth-order valence-electron chi connectivity index (χ4n) is 3.31. The molecule has 1 aromatic carbocycles. The van der Waals surface area contributed by atoms with Gasteiger partial charge in [-0.05, 0) is 36.0 Å². The lowest BCUT2D eigenvalue weighted by Crippen LogP contribution is -2.46. The lowest BCUT2D eigenvalue weighted by atomic mass is 10.00. The first-order chi connectivity index (χ1) is 10.0. The van der Waals surface area contributed by atoms with E-state index in [1.165, 1.54) is 17.5 Å². The summed E-state index contributed by atoms with van der Waals surface area (Å²) in [7, 11) is -2.97. The first-order valence-electron chi connectivity index (χ1n) is 7.58. The minimum Gasteiger partial charge on any atom is -0.312 e. The van der Waals surface area contributed by atoms with Gasteiger partial charge in [-0.3, -0.25) is 4.79 Å². The van der Waals surface area contributed by atoms with Crippen LogP contribution in [-0.2, 0) is 33.9 Å². The van der Waals surface area contributed by atoms with Crippen LogP contribution in [0.3, 0.4) is 0 Å². The Balaban J connectivity index is 1.59. The van der Waals surface area contributed by atoms with Gasteiger partial charge in [-0.25, -0.2) is 8.42 Å². The molecule has 1 aliphatic carbocycles. The molecule has 21 heavy (non-hydrogen) atoms. The van der Waals surface area contributed by atoms with Crippen molar-refractivity contribution in [1.29, 1.82) is 0 Å². The average molecular weight is 307 g/mol. The first kappa shape index (κ1) is 14.7. The van der Waals surface area contributed by atoms with Crippen LogP contribution in [-0.4, -0.2) is 38.3 Å². The summed E-state index contributed by atoms with van der Waals surface area (Å²) >= 11 is 0. The maximum atomic E-state index is 12.2. The van der Waals surface area contributed by atoms with Gasteiger partial charge in [-0.1, -0.05) is 18.2 Å². The number of Topliss-reactive ketones (excluding diaryl/α,β-unsaturated/α-hetero) is 1. The van der Waals surface area contributed by atoms with Crippen LogP contribution in [0.4, 0.5) is 0 Å². The maximum Gasteiger partial charge on any atom is 0.153 e. The number of benzene rings is 1. The molecular weight excluding hydrogens is 286 g/mol. The van der Waals surface area contributed by atoms with E-state index < -0.39 is 9.84 Å². The van der Waals surface area contributed by atoms with Crippen LogP contribution in [0.15, 0.2) is 18.2 Å². The van der Waals surface area contributed by atoms with Gasteiger partial charge in [0.15, 0.2) is 9.84 Å². The minimum atomic E-state index is -2.97. The van der Waals surface area contributed by atoms with E-state index in [0.717, 1.165) is 18.4 Å². The molecule has 3 rings (SSSR count). The normalized spacial score (nSPS) is 23.7. The number of carbonyl (C=O) groups excluding carboxylic acids is 1. The molecule has 1 aromatic rings. The number of ketones is 1. The Morgan fingerprint density at radius 1 is 1.24 bits per heavy atom. The summed E-state index contributed by atoms with van der Waals surface area (Å²) in [5.41, 5.74) is 3.84. The summed E-state index contributed by atoms with van der Waals surface area (Å²) in [5.74, 6) is 0.383. The highest BCUT2D eigenvalue weighted by Gasteiger charge is 2.26. The van der Waals surface area contributed by atoms with Gasteiger partial charge in [0.05, 0.1) is 11.5 Å². The van der Waals surface area contributed by atoms with Crippen LogP contribution < -0.4 is 5.32 Å². The molecule has 1 aliphatic heterocycles. The zero-order chi connectivity index (χ0) is 14.9. The summed E-state index contributed by atoms with van der Waals surface area (Å²) in [4.78, 5) is 12.2. The molecule has 1 saturated heterocycles. The van der Waals surface area contributed by atoms with Crippen LogP contribution in [0.1, 0.15) is 29.5 Å². The van der Waals surface area contributed by atoms with Gasteiger partial charge in [0, 0.05) is 25.4 Å². The highest BCUT2D eigenvalue weighted by atomic mass is 32.2. The number of carbonyl (C=O) groups is 1. The summed E-state index contributed by atoms with van der Waals surface area (Å²) in [6.45, 7) is 0.457. The molecule has 1 unspecified atom stereocenters. The summed E-state index contributed by atoms with van der Waals surface area (Å²) in [6.07, 6.45) is 4.17. The second-order valence-electron chi connectivity index (χ2n) is 6.14. The number of rotatable bonds is 4. The number of aryl methyl sites for hydroxylation is 2. The van der Waals surface area contributed by atoms with Gasteiger partial charge in [0.1, 0.15) is 5.78 Å². The standard InChI is InChI=1S/C16H21NO3S/c18-16(10-15-11-21(19,20)7-6-17-15)9-12-4-5-13-2-1-3-14(13)8-12/h4-5,8,15,17H,1-3,6-7,9-11H2. The van der Waals surface area contributed by atoms with Gasteiger partial charge in [-0.15, -0.1) is 0 Å². The third-order valence-electron chi connectivity index (χ3n) is 4.34. The van der Waals surface area contributed by atoms with Gasteiger partial charge in [0.25, 0.3) is 0 Å². The third kappa shape index (κ3) is 3.71. The second kappa shape index (κ2) is 5.89. The third-order valence-corrected chi connectivity index (χ3v) is 6.08. The Hall–Kier alpha value is -1.20. The Bertz CT molecular complexity index is 651. The van der Waals surface area contributed by atoms with Crippen molar-refractivity contribution < 1.29 is 13.2 Å². The lowest BCUT2D eigenvalue weighted by Gasteiger charge is -2.23. The molecule has 2 aliphatic rings. The van der Waals surface area contributed by atoms with E-state index in [1.807, 2.05) is 6.07 Å². The molecule has 0 bridgehead atoms. The molecule has 1 heterocycles. The number of sulfone groups is 1. The molecule has 0 spiro atoms. The highest BCUT2D eigenvalue weighted by molar-refractivity contribution is 7.91. The van der Waals surface area contributed by atoms with Crippen molar-refractivity contribution >= 4 is 15.6 Å². The van der Waals surface area contributed by atoms with E-state index in [1.54, 1.807) is 0 Å². The zero-order valence-electron chi connectivity index (χ0n) is 12.1. The van der Waals surface area contributed by atoms with Crippen LogP contribution in [0.2, 0.25) is 0 Å². The molecule has 114 valence electrons. The average Bonchev–Trinajstić information content (AvgIpc) is 2.84. The molecule has 1 atom stereocenters. The quantitative estimate of drug-likeness (QED) is 0.903. The molecule has 1 N–H and O–H groups in total. The summed E-state index contributed by atoms with van der Waals surface area (Å²) < 4.78 is 23.2. The first-order valence-corrected chi connectivity index (χ1v) is 9.40. The van der Waals surface area contributed by atoms with Gasteiger partial charge in [-0.2, -0.15) is 0 Å². The molecular formula is C16H21NO3S. The zero-order valence-corrected chi connectivity index (χ0v) is 12.9. The largest absolute Gasteiger partial charge is 0.312 e. The van der Waals surface area contributed by atoms with E-state index >= 15 is 0 Å². The molecule has 0 radical (unpaired) electrons. The van der Waals surface area contributed by atoms with E-state index in [0.29, 0.717) is 19.4 Å². The van der Waals surface area contributed by atoms with Crippen molar-refractivity contribution in [3.63, 3.8) is 0 Å². The predicted molar refractivity (Wildman–Crippen MR) is 82.2 cm³/mol. The predicted octanol–water partition coefficient (Wildman–Crippen LogP) is 1.06. The Kier molecular flexibility index (Phi) is 4.13. The van der Waals surface area contributed by atoms with Gasteiger partial charge in [0.2, 0.25) is 0 Å². The van der Waals surface area contributed by atoms with Crippen molar-refractivity contribution in [1.82, 2.24) is 5.32 Å². The van der Waals surface area contributed by atoms with E-state index in [-0.39, 0.29) is 23.3 Å². The van der Waals surface area contributed by atoms with Crippen LogP contribution in [0, 0.1) is 0 Å². The van der Waals surface area contributed by atoms with Gasteiger partial charge < -0.3 is 5.32 Å². The summed E-state index contributed by atoms with van der Waals surface area (Å²) in [6, 6.07) is 6.10. The van der Waals surface area contributed by atoms with Crippen molar-refractivity contribution in [2.75, 3.05) is 18.1 Å². The van der Waals surface area contributed by atoms with Crippen molar-refractivity contribution in [2.45, 2.75) is 38.1 Å². The highest BCUT2D eigenvalue weighted by Crippen LogP contribution is 2.23. The molecule has 5 heteroatoms.